The first kappa shape index (κ1) is 13.6. The largest absolute Gasteiger partial charge is 0.384 e. The number of methoxy groups -OCH3 is 1. The second kappa shape index (κ2) is 5.87. The summed E-state index contributed by atoms with van der Waals surface area (Å²) in [5.41, 5.74) is 0.607. The first-order valence-corrected chi connectivity index (χ1v) is 5.69. The summed E-state index contributed by atoms with van der Waals surface area (Å²) < 4.78 is 19.9. The van der Waals surface area contributed by atoms with Gasteiger partial charge in [0.05, 0.1) is 12.3 Å². The molecule has 19 heavy (non-hydrogen) atoms. The number of halogens is 1. The molecule has 0 radical (unpaired) electrons. The molecule has 2 aromatic rings. The van der Waals surface area contributed by atoms with E-state index in [0.717, 1.165) is 0 Å². The maximum absolute atomic E-state index is 13.7. The van der Waals surface area contributed by atoms with E-state index in [4.69, 9.17) is 4.74 Å². The summed E-state index contributed by atoms with van der Waals surface area (Å²) in [6.45, 7) is 0.335. The Balaban J connectivity index is 2.48. The van der Waals surface area contributed by atoms with Crippen molar-refractivity contribution in [1.29, 1.82) is 0 Å². The van der Waals surface area contributed by atoms with Gasteiger partial charge >= 0.3 is 0 Å². The number of nitrogens with zero attached hydrogens (tertiary/aromatic N) is 3. The van der Waals surface area contributed by atoms with E-state index < -0.39 is 12.1 Å². The van der Waals surface area contributed by atoms with Crippen LogP contribution in [0.25, 0.3) is 5.69 Å². The number of aliphatic hydroxyl groups excluding tert-OH is 1. The number of ether oxygens (including phenoxy) is 1. The zero-order valence-electron chi connectivity index (χ0n) is 10.3. The normalized spacial score (nSPS) is 11.2. The predicted molar refractivity (Wildman–Crippen MR) is 64.1 cm³/mol. The fraction of sp³-hybridized carbons (Fsp3) is 0.333. The van der Waals surface area contributed by atoms with Gasteiger partial charge in [0.25, 0.3) is 0 Å². The van der Waals surface area contributed by atoms with Crippen LogP contribution < -0.4 is 0 Å². The second-order valence-electron chi connectivity index (χ2n) is 3.90. The van der Waals surface area contributed by atoms with E-state index in [9.17, 15) is 14.6 Å². The molecule has 0 aliphatic heterocycles. The van der Waals surface area contributed by atoms with E-state index in [1.54, 1.807) is 12.1 Å². The molecule has 1 aromatic heterocycles. The molecule has 0 unspecified atom stereocenters. The Morgan fingerprint density at radius 1 is 1.37 bits per heavy atom. The third kappa shape index (κ3) is 2.78. The molecule has 0 aliphatic rings. The molecule has 1 aromatic carbocycles. The molecule has 6 nitrogen and oxygen atoms in total. The van der Waals surface area contributed by atoms with Gasteiger partial charge in [0.2, 0.25) is 0 Å². The van der Waals surface area contributed by atoms with Crippen molar-refractivity contribution in [2.24, 2.45) is 0 Å². The van der Waals surface area contributed by atoms with Crippen molar-refractivity contribution in [2.75, 3.05) is 13.7 Å². The van der Waals surface area contributed by atoms with Crippen LogP contribution in [0.1, 0.15) is 17.7 Å². The Hall–Kier alpha value is -1.83. The van der Waals surface area contributed by atoms with Crippen molar-refractivity contribution in [1.82, 2.24) is 15.0 Å². The van der Waals surface area contributed by atoms with Crippen LogP contribution in [-0.4, -0.2) is 38.9 Å². The summed E-state index contributed by atoms with van der Waals surface area (Å²) in [6, 6.07) is 6.06. The highest BCUT2D eigenvalue weighted by atomic mass is 19.1. The van der Waals surface area contributed by atoms with E-state index in [2.05, 4.69) is 10.3 Å². The summed E-state index contributed by atoms with van der Waals surface area (Å²) in [6.07, 6.45) is -1.42. The molecule has 2 N–H and O–H groups in total. The SMILES string of the molecule is COCCc1c(C(O)O)nnn1-c1ccccc1F. The highest BCUT2D eigenvalue weighted by molar-refractivity contribution is 5.35. The summed E-state index contributed by atoms with van der Waals surface area (Å²) in [7, 11) is 1.52. The monoisotopic (exact) mass is 267 g/mol. The molecule has 0 aliphatic carbocycles. The van der Waals surface area contributed by atoms with Crippen molar-refractivity contribution in [3.63, 3.8) is 0 Å². The molecule has 0 saturated heterocycles. The molecule has 0 atom stereocenters. The molecular formula is C12H14FN3O3. The van der Waals surface area contributed by atoms with Gasteiger partial charge in [-0.2, -0.15) is 0 Å². The van der Waals surface area contributed by atoms with E-state index in [0.29, 0.717) is 18.7 Å². The molecule has 102 valence electrons. The molecule has 0 saturated carbocycles. The number of aromatic nitrogens is 3. The van der Waals surface area contributed by atoms with Crippen molar-refractivity contribution in [2.45, 2.75) is 12.7 Å². The van der Waals surface area contributed by atoms with Crippen LogP contribution in [0.4, 0.5) is 4.39 Å². The van der Waals surface area contributed by atoms with Gasteiger partial charge in [-0.1, -0.05) is 17.3 Å². The minimum atomic E-state index is -1.76. The summed E-state index contributed by atoms with van der Waals surface area (Å²) >= 11 is 0. The van der Waals surface area contributed by atoms with Crippen LogP contribution in [0.2, 0.25) is 0 Å². The van der Waals surface area contributed by atoms with E-state index in [1.807, 2.05) is 0 Å². The highest BCUT2D eigenvalue weighted by Crippen LogP contribution is 2.19. The van der Waals surface area contributed by atoms with E-state index in [1.165, 1.54) is 23.9 Å². The van der Waals surface area contributed by atoms with E-state index in [-0.39, 0.29) is 11.4 Å². The van der Waals surface area contributed by atoms with Gasteiger partial charge in [0.1, 0.15) is 17.2 Å². The minimum absolute atomic E-state index is 0.000281. The van der Waals surface area contributed by atoms with Crippen LogP contribution in [0.5, 0.6) is 0 Å². The highest BCUT2D eigenvalue weighted by Gasteiger charge is 2.20. The molecule has 1 heterocycles. The lowest BCUT2D eigenvalue weighted by molar-refractivity contribution is -0.0466. The first-order chi connectivity index (χ1) is 9.15. The standard InChI is InChI=1S/C12H14FN3O3/c1-19-7-6-10-11(12(17)18)14-15-16(10)9-5-3-2-4-8(9)13/h2-5,12,17-18H,6-7H2,1H3. The lowest BCUT2D eigenvalue weighted by Crippen LogP contribution is -2.10. The van der Waals surface area contributed by atoms with Gasteiger partial charge in [-0.3, -0.25) is 0 Å². The van der Waals surface area contributed by atoms with Crippen molar-refractivity contribution >= 4 is 0 Å². The average Bonchev–Trinajstić information content (AvgIpc) is 2.80. The summed E-state index contributed by atoms with van der Waals surface area (Å²) in [4.78, 5) is 0. The fourth-order valence-corrected chi connectivity index (χ4v) is 1.76. The van der Waals surface area contributed by atoms with E-state index >= 15 is 0 Å². The zero-order chi connectivity index (χ0) is 13.8. The molecule has 0 bridgehead atoms. The maximum Gasteiger partial charge on any atom is 0.199 e. The number of benzene rings is 1. The third-order valence-electron chi connectivity index (χ3n) is 2.66. The number of rotatable bonds is 5. The summed E-state index contributed by atoms with van der Waals surface area (Å²) in [5, 5.41) is 25.9. The van der Waals surface area contributed by atoms with Gasteiger partial charge in [0, 0.05) is 13.5 Å². The fourth-order valence-electron chi connectivity index (χ4n) is 1.76. The number of hydrogen-bond donors (Lipinski definition) is 2. The quantitative estimate of drug-likeness (QED) is 0.774. The zero-order valence-corrected chi connectivity index (χ0v) is 10.3. The van der Waals surface area contributed by atoms with Gasteiger partial charge in [-0.15, -0.1) is 5.10 Å². The first-order valence-electron chi connectivity index (χ1n) is 5.69. The lowest BCUT2D eigenvalue weighted by atomic mass is 10.2. The minimum Gasteiger partial charge on any atom is -0.384 e. The van der Waals surface area contributed by atoms with Crippen molar-refractivity contribution in [3.8, 4) is 5.69 Å². The summed E-state index contributed by atoms with van der Waals surface area (Å²) in [5.74, 6) is -0.468. The molecule has 2 rings (SSSR count). The Morgan fingerprint density at radius 3 is 2.74 bits per heavy atom. The van der Waals surface area contributed by atoms with Crippen molar-refractivity contribution < 1.29 is 19.3 Å². The van der Waals surface area contributed by atoms with Crippen LogP contribution in [-0.2, 0) is 11.2 Å². The Labute approximate surface area is 109 Å². The van der Waals surface area contributed by atoms with Crippen molar-refractivity contribution in [3.05, 3.63) is 41.5 Å². The van der Waals surface area contributed by atoms with Crippen LogP contribution in [0.3, 0.4) is 0 Å². The molecule has 0 fully saturated rings. The smallest absolute Gasteiger partial charge is 0.199 e. The van der Waals surface area contributed by atoms with Gasteiger partial charge in [-0.05, 0) is 12.1 Å². The molecule has 0 spiro atoms. The Bertz CT molecular complexity index is 557. The Morgan fingerprint density at radius 2 is 2.11 bits per heavy atom. The predicted octanol–water partition coefficient (Wildman–Crippen LogP) is 0.578. The number of hydrogen-bond acceptors (Lipinski definition) is 5. The van der Waals surface area contributed by atoms with Gasteiger partial charge in [0.15, 0.2) is 6.29 Å². The molecular weight excluding hydrogens is 253 g/mol. The average molecular weight is 267 g/mol. The molecule has 0 amide bonds. The Kier molecular flexibility index (Phi) is 4.20. The van der Waals surface area contributed by atoms with Crippen LogP contribution >= 0.6 is 0 Å². The number of aliphatic hydroxyl groups is 2. The van der Waals surface area contributed by atoms with Gasteiger partial charge in [-0.25, -0.2) is 9.07 Å². The number of para-hydroxylation sites is 1. The third-order valence-corrected chi connectivity index (χ3v) is 2.66. The van der Waals surface area contributed by atoms with Gasteiger partial charge < -0.3 is 14.9 Å². The van der Waals surface area contributed by atoms with Crippen LogP contribution in [0.15, 0.2) is 24.3 Å². The maximum atomic E-state index is 13.7. The lowest BCUT2D eigenvalue weighted by Gasteiger charge is -2.09. The molecule has 7 heteroatoms. The topological polar surface area (TPSA) is 80.4 Å². The van der Waals surface area contributed by atoms with Crippen LogP contribution in [0, 0.1) is 5.82 Å². The second-order valence-corrected chi connectivity index (χ2v) is 3.90.